The lowest BCUT2D eigenvalue weighted by Gasteiger charge is -2.28. The van der Waals surface area contributed by atoms with Crippen molar-refractivity contribution in [3.05, 3.63) is 35.2 Å². The molecule has 3 rings (SSSR count). The molecule has 1 aromatic heterocycles. The summed E-state index contributed by atoms with van der Waals surface area (Å²) in [6, 6.07) is 8.39. The quantitative estimate of drug-likeness (QED) is 0.816. The molecule has 4 heteroatoms. The van der Waals surface area contributed by atoms with Crippen molar-refractivity contribution in [3.8, 4) is 0 Å². The zero-order chi connectivity index (χ0) is 13.9. The number of rotatable bonds is 4. The molecule has 0 saturated carbocycles. The van der Waals surface area contributed by atoms with Gasteiger partial charge in [0, 0.05) is 27.9 Å². The summed E-state index contributed by atoms with van der Waals surface area (Å²) >= 11 is 5.59. The second kappa shape index (κ2) is 6.54. The number of thioether (sulfide) groups is 2. The van der Waals surface area contributed by atoms with E-state index in [1.165, 1.54) is 21.4 Å². The van der Waals surface area contributed by atoms with E-state index < -0.39 is 0 Å². The van der Waals surface area contributed by atoms with Gasteiger partial charge in [0.15, 0.2) is 5.78 Å². The third kappa shape index (κ3) is 2.92. The zero-order valence-electron chi connectivity index (χ0n) is 11.5. The molecule has 0 aliphatic carbocycles. The van der Waals surface area contributed by atoms with Gasteiger partial charge < -0.3 is 0 Å². The molecule has 1 fully saturated rings. The fourth-order valence-electron chi connectivity index (χ4n) is 2.66. The molecule has 1 aliphatic heterocycles. The van der Waals surface area contributed by atoms with Crippen LogP contribution in [0.25, 0.3) is 10.1 Å². The molecule has 106 valence electrons. The Bertz CT molecular complexity index is 605. The highest BCUT2D eigenvalue weighted by atomic mass is 32.2. The molecule has 1 saturated heterocycles. The number of carbonyl (C=O) groups excluding carboxylic acids is 1. The number of carbonyl (C=O) groups is 1. The molecule has 2 unspecified atom stereocenters. The van der Waals surface area contributed by atoms with E-state index >= 15 is 0 Å². The van der Waals surface area contributed by atoms with Crippen LogP contribution < -0.4 is 0 Å². The number of Topliss-reactive ketones (excluding diaryl/α,β-unsaturated/α-hetero) is 1. The predicted octanol–water partition coefficient (Wildman–Crippen LogP) is 4.64. The van der Waals surface area contributed by atoms with Crippen LogP contribution >= 0.6 is 34.9 Å². The molecule has 0 radical (unpaired) electrons. The standard InChI is InChI=1S/C16H18OS3/c1-2-14-16(19-8-7-18-14)13(17)9-11-10-20-15-6-4-3-5-12(11)15/h3-6,10,14,16H,2,7-9H2,1H3. The van der Waals surface area contributed by atoms with Crippen molar-refractivity contribution in [2.75, 3.05) is 11.5 Å². The van der Waals surface area contributed by atoms with E-state index in [1.807, 2.05) is 23.5 Å². The smallest absolute Gasteiger partial charge is 0.151 e. The van der Waals surface area contributed by atoms with Crippen LogP contribution in [0.1, 0.15) is 18.9 Å². The van der Waals surface area contributed by atoms with Gasteiger partial charge in [-0.3, -0.25) is 4.79 Å². The first-order chi connectivity index (χ1) is 9.79. The summed E-state index contributed by atoms with van der Waals surface area (Å²) in [6.45, 7) is 2.20. The van der Waals surface area contributed by atoms with E-state index in [1.54, 1.807) is 11.3 Å². The second-order valence-corrected chi connectivity index (χ2v) is 8.52. The molecule has 0 N–H and O–H groups in total. The van der Waals surface area contributed by atoms with Gasteiger partial charge in [-0.2, -0.15) is 11.8 Å². The molecular formula is C16H18OS3. The summed E-state index contributed by atoms with van der Waals surface area (Å²) < 4.78 is 1.29. The summed E-state index contributed by atoms with van der Waals surface area (Å²) in [4.78, 5) is 12.6. The molecule has 1 aliphatic rings. The van der Waals surface area contributed by atoms with Crippen molar-refractivity contribution in [1.29, 1.82) is 0 Å². The van der Waals surface area contributed by atoms with E-state index in [2.05, 4.69) is 36.6 Å². The molecule has 2 aromatic rings. The van der Waals surface area contributed by atoms with Crippen molar-refractivity contribution in [2.24, 2.45) is 0 Å². The van der Waals surface area contributed by atoms with Crippen molar-refractivity contribution in [2.45, 2.75) is 30.3 Å². The molecule has 2 heterocycles. The minimum absolute atomic E-state index is 0.192. The van der Waals surface area contributed by atoms with Crippen LogP contribution in [0, 0.1) is 0 Å². The molecule has 20 heavy (non-hydrogen) atoms. The molecular weight excluding hydrogens is 304 g/mol. The topological polar surface area (TPSA) is 17.1 Å². The third-order valence-corrected chi connectivity index (χ3v) is 8.00. The average molecular weight is 323 g/mol. The van der Waals surface area contributed by atoms with E-state index in [0.29, 0.717) is 17.5 Å². The number of hydrogen-bond acceptors (Lipinski definition) is 4. The van der Waals surface area contributed by atoms with Gasteiger partial charge in [0.1, 0.15) is 0 Å². The minimum atomic E-state index is 0.192. The van der Waals surface area contributed by atoms with E-state index in [4.69, 9.17) is 0 Å². The molecule has 1 aromatic carbocycles. The Morgan fingerprint density at radius 3 is 2.90 bits per heavy atom. The fourth-order valence-corrected chi connectivity index (χ4v) is 6.66. The maximum Gasteiger partial charge on any atom is 0.151 e. The number of hydrogen-bond donors (Lipinski definition) is 0. The van der Waals surface area contributed by atoms with Crippen LogP contribution in [0.3, 0.4) is 0 Å². The van der Waals surface area contributed by atoms with E-state index in [-0.39, 0.29) is 5.25 Å². The first-order valence-electron chi connectivity index (χ1n) is 7.00. The lowest BCUT2D eigenvalue weighted by molar-refractivity contribution is -0.117. The summed E-state index contributed by atoms with van der Waals surface area (Å²) in [5.74, 6) is 2.72. The molecule has 2 atom stereocenters. The average Bonchev–Trinajstić information content (AvgIpc) is 2.90. The Balaban J connectivity index is 1.78. The monoisotopic (exact) mass is 322 g/mol. The van der Waals surface area contributed by atoms with E-state index in [0.717, 1.165) is 12.2 Å². The van der Waals surface area contributed by atoms with Gasteiger partial charge in [-0.15, -0.1) is 23.1 Å². The summed E-state index contributed by atoms with van der Waals surface area (Å²) in [7, 11) is 0. The van der Waals surface area contributed by atoms with Crippen molar-refractivity contribution >= 4 is 50.7 Å². The van der Waals surface area contributed by atoms with Gasteiger partial charge in [-0.05, 0) is 28.8 Å². The maximum atomic E-state index is 12.6. The van der Waals surface area contributed by atoms with Gasteiger partial charge in [0.25, 0.3) is 0 Å². The lowest BCUT2D eigenvalue weighted by atomic mass is 10.0. The van der Waals surface area contributed by atoms with Crippen LogP contribution in [-0.4, -0.2) is 27.8 Å². The summed E-state index contributed by atoms with van der Waals surface area (Å²) in [5, 5.41) is 4.11. The van der Waals surface area contributed by atoms with Crippen molar-refractivity contribution in [3.63, 3.8) is 0 Å². The molecule has 0 bridgehead atoms. The second-order valence-electron chi connectivity index (χ2n) is 5.01. The Labute approximate surface area is 132 Å². The Hall–Kier alpha value is -0.450. The van der Waals surface area contributed by atoms with Gasteiger partial charge in [0.05, 0.1) is 5.25 Å². The van der Waals surface area contributed by atoms with Crippen molar-refractivity contribution in [1.82, 2.24) is 0 Å². The van der Waals surface area contributed by atoms with E-state index in [9.17, 15) is 4.79 Å². The minimum Gasteiger partial charge on any atom is -0.298 e. The predicted molar refractivity (Wildman–Crippen MR) is 93.3 cm³/mol. The Kier molecular flexibility index (Phi) is 4.74. The van der Waals surface area contributed by atoms with Crippen LogP contribution in [0.5, 0.6) is 0 Å². The Morgan fingerprint density at radius 1 is 1.25 bits per heavy atom. The molecule has 0 amide bonds. The highest BCUT2D eigenvalue weighted by Crippen LogP contribution is 2.35. The first kappa shape index (κ1) is 14.5. The molecule has 1 nitrogen and oxygen atoms in total. The highest BCUT2D eigenvalue weighted by molar-refractivity contribution is 8.07. The summed E-state index contributed by atoms with van der Waals surface area (Å²) in [5.41, 5.74) is 1.21. The van der Waals surface area contributed by atoms with Gasteiger partial charge >= 0.3 is 0 Å². The largest absolute Gasteiger partial charge is 0.298 e. The lowest BCUT2D eigenvalue weighted by Crippen LogP contribution is -2.33. The first-order valence-corrected chi connectivity index (χ1v) is 9.98. The Morgan fingerprint density at radius 2 is 2.05 bits per heavy atom. The van der Waals surface area contributed by atoms with Crippen LogP contribution in [-0.2, 0) is 11.2 Å². The number of fused-ring (bicyclic) bond motifs is 1. The van der Waals surface area contributed by atoms with Gasteiger partial charge in [-0.25, -0.2) is 0 Å². The zero-order valence-corrected chi connectivity index (χ0v) is 14.0. The van der Waals surface area contributed by atoms with Crippen LogP contribution in [0.4, 0.5) is 0 Å². The van der Waals surface area contributed by atoms with Crippen LogP contribution in [0.15, 0.2) is 29.6 Å². The normalized spacial score (nSPS) is 23.1. The third-order valence-electron chi connectivity index (χ3n) is 3.70. The van der Waals surface area contributed by atoms with Crippen LogP contribution in [0.2, 0.25) is 0 Å². The number of thiophene rings is 1. The maximum absolute atomic E-state index is 12.6. The fraction of sp³-hybridized carbons (Fsp3) is 0.438. The molecule has 0 spiro atoms. The van der Waals surface area contributed by atoms with Crippen molar-refractivity contribution < 1.29 is 4.79 Å². The van der Waals surface area contributed by atoms with Gasteiger partial charge in [0.2, 0.25) is 0 Å². The number of ketones is 1. The SMILES string of the molecule is CCC1SCCSC1C(=O)Cc1csc2ccccc12. The highest BCUT2D eigenvalue weighted by Gasteiger charge is 2.30. The summed E-state index contributed by atoms with van der Waals surface area (Å²) in [6.07, 6.45) is 1.69. The number of benzene rings is 1. The van der Waals surface area contributed by atoms with Gasteiger partial charge in [-0.1, -0.05) is 25.1 Å².